The number of benzene rings is 1. The zero-order valence-electron chi connectivity index (χ0n) is 9.54. The molecular weight excluding hydrogens is 254 g/mol. The molecule has 2 N–H and O–H groups in total. The van der Waals surface area contributed by atoms with E-state index in [0.717, 1.165) is 6.26 Å². The number of amides is 1. The van der Waals surface area contributed by atoms with Crippen molar-refractivity contribution in [2.45, 2.75) is 4.90 Å². The number of anilines is 1. The number of nitrogens with zero attached hydrogens (tertiary/aromatic N) is 1. The second-order valence-electron chi connectivity index (χ2n) is 3.69. The molecule has 1 aromatic carbocycles. The molecule has 0 unspecified atom stereocenters. The van der Waals surface area contributed by atoms with Crippen molar-refractivity contribution in [1.82, 2.24) is 10.2 Å². The van der Waals surface area contributed by atoms with Crippen LogP contribution in [0.25, 0.3) is 0 Å². The van der Waals surface area contributed by atoms with Crippen molar-refractivity contribution in [3.05, 3.63) is 42.1 Å². The number of hydrogen-bond acceptors (Lipinski definition) is 4. The first-order valence-corrected chi connectivity index (χ1v) is 6.97. The van der Waals surface area contributed by atoms with E-state index in [1.54, 1.807) is 18.2 Å². The lowest BCUT2D eigenvalue weighted by molar-refractivity contribution is 0.102. The molecule has 0 aliphatic rings. The van der Waals surface area contributed by atoms with E-state index in [1.165, 1.54) is 18.3 Å². The molecule has 0 spiro atoms. The molecule has 1 heterocycles. The van der Waals surface area contributed by atoms with Crippen molar-refractivity contribution in [3.8, 4) is 0 Å². The minimum Gasteiger partial charge on any atom is -0.307 e. The van der Waals surface area contributed by atoms with E-state index in [1.807, 2.05) is 0 Å². The molecule has 18 heavy (non-hydrogen) atoms. The average molecular weight is 265 g/mol. The maximum absolute atomic E-state index is 12.0. The van der Waals surface area contributed by atoms with Gasteiger partial charge in [0, 0.05) is 12.3 Å². The Hall–Kier alpha value is -2.15. The van der Waals surface area contributed by atoms with Crippen molar-refractivity contribution < 1.29 is 13.2 Å². The lowest BCUT2D eigenvalue weighted by Gasteiger charge is -2.07. The molecule has 0 radical (unpaired) electrons. The number of rotatable bonds is 3. The molecule has 94 valence electrons. The number of carbonyl (C=O) groups is 1. The van der Waals surface area contributed by atoms with E-state index >= 15 is 0 Å². The summed E-state index contributed by atoms with van der Waals surface area (Å²) in [4.78, 5) is 12.0. The second kappa shape index (κ2) is 4.61. The van der Waals surface area contributed by atoms with E-state index < -0.39 is 15.7 Å². The molecule has 2 aromatic rings. The second-order valence-corrected chi connectivity index (χ2v) is 5.68. The van der Waals surface area contributed by atoms with Gasteiger partial charge >= 0.3 is 0 Å². The van der Waals surface area contributed by atoms with Gasteiger partial charge in [-0.25, -0.2) is 8.42 Å². The summed E-state index contributed by atoms with van der Waals surface area (Å²) < 4.78 is 23.1. The lowest BCUT2D eigenvalue weighted by Crippen LogP contribution is -2.16. The third-order valence-corrected chi connectivity index (χ3v) is 3.44. The Kier molecular flexibility index (Phi) is 3.15. The fourth-order valence-electron chi connectivity index (χ4n) is 1.49. The smallest absolute Gasteiger partial charge is 0.258 e. The molecule has 0 bridgehead atoms. The molecule has 1 aromatic heterocycles. The van der Waals surface area contributed by atoms with E-state index in [9.17, 15) is 13.2 Å². The van der Waals surface area contributed by atoms with Gasteiger partial charge in [0.15, 0.2) is 9.84 Å². The van der Waals surface area contributed by atoms with Crippen molar-refractivity contribution in [3.63, 3.8) is 0 Å². The molecule has 7 heteroatoms. The first-order valence-electron chi connectivity index (χ1n) is 5.08. The van der Waals surface area contributed by atoms with Crippen LogP contribution in [-0.4, -0.2) is 30.8 Å². The fourth-order valence-corrected chi connectivity index (χ4v) is 2.38. The minimum atomic E-state index is -3.44. The van der Waals surface area contributed by atoms with Crippen LogP contribution >= 0.6 is 0 Å². The van der Waals surface area contributed by atoms with Gasteiger partial charge in [0.05, 0.1) is 16.7 Å². The van der Waals surface area contributed by atoms with Crippen molar-refractivity contribution in [1.29, 1.82) is 0 Å². The van der Waals surface area contributed by atoms with Gasteiger partial charge in [-0.05, 0) is 12.1 Å². The van der Waals surface area contributed by atoms with Gasteiger partial charge in [0.2, 0.25) is 0 Å². The van der Waals surface area contributed by atoms with Crippen molar-refractivity contribution >= 4 is 21.6 Å². The Bertz CT molecular complexity index is 663. The van der Waals surface area contributed by atoms with E-state index in [-0.39, 0.29) is 10.5 Å². The largest absolute Gasteiger partial charge is 0.307 e. The summed E-state index contributed by atoms with van der Waals surface area (Å²) >= 11 is 0. The van der Waals surface area contributed by atoms with Crippen molar-refractivity contribution in [2.75, 3.05) is 11.6 Å². The predicted molar refractivity (Wildman–Crippen MR) is 66.1 cm³/mol. The fraction of sp³-hybridized carbons (Fsp3) is 0.0909. The average Bonchev–Trinajstić information content (AvgIpc) is 2.80. The molecule has 2 rings (SSSR count). The maximum atomic E-state index is 12.0. The number of carbonyl (C=O) groups excluding carboxylic acids is 1. The molecule has 0 saturated carbocycles. The standard InChI is InChI=1S/C11H11N3O3S/c1-18(16,17)9-5-3-2-4-8(9)11(15)13-10-6-7-12-14-10/h2-7H,1H3,(H2,12,13,14,15). The van der Waals surface area contributed by atoms with E-state index in [4.69, 9.17) is 0 Å². The topological polar surface area (TPSA) is 91.9 Å². The van der Waals surface area contributed by atoms with Crippen LogP contribution in [0.3, 0.4) is 0 Å². The van der Waals surface area contributed by atoms with E-state index in [2.05, 4.69) is 15.5 Å². The third kappa shape index (κ3) is 2.57. The van der Waals surface area contributed by atoms with Gasteiger partial charge in [-0.15, -0.1) is 0 Å². The number of H-pyrrole nitrogens is 1. The Balaban J connectivity index is 2.37. The number of aromatic nitrogens is 2. The summed E-state index contributed by atoms with van der Waals surface area (Å²) in [5.74, 6) is -0.0939. The minimum absolute atomic E-state index is 0.00187. The summed E-state index contributed by atoms with van der Waals surface area (Å²) in [5.41, 5.74) is 0.106. The third-order valence-electron chi connectivity index (χ3n) is 2.28. The van der Waals surface area contributed by atoms with Crippen LogP contribution in [0.1, 0.15) is 10.4 Å². The Morgan fingerprint density at radius 3 is 2.61 bits per heavy atom. The summed E-state index contributed by atoms with van der Waals surface area (Å²) in [6, 6.07) is 7.61. The molecule has 6 nitrogen and oxygen atoms in total. The Morgan fingerprint density at radius 1 is 1.28 bits per heavy atom. The highest BCUT2D eigenvalue weighted by Gasteiger charge is 2.18. The van der Waals surface area contributed by atoms with Gasteiger partial charge in [0.25, 0.3) is 5.91 Å². The molecule has 0 saturated heterocycles. The van der Waals surface area contributed by atoms with Gasteiger partial charge in [-0.1, -0.05) is 12.1 Å². The zero-order valence-corrected chi connectivity index (χ0v) is 10.4. The van der Waals surface area contributed by atoms with Gasteiger partial charge in [0.1, 0.15) is 5.82 Å². The number of hydrogen-bond donors (Lipinski definition) is 2. The number of sulfone groups is 1. The molecule has 0 aliphatic heterocycles. The molecular formula is C11H11N3O3S. The normalized spacial score (nSPS) is 11.2. The molecule has 0 aliphatic carbocycles. The van der Waals surface area contributed by atoms with Crippen LogP contribution in [0.15, 0.2) is 41.4 Å². The van der Waals surface area contributed by atoms with E-state index in [0.29, 0.717) is 5.82 Å². The molecule has 0 fully saturated rings. The highest BCUT2D eigenvalue weighted by atomic mass is 32.2. The summed E-state index contributed by atoms with van der Waals surface area (Å²) in [6.07, 6.45) is 2.55. The first kappa shape index (κ1) is 12.3. The Morgan fingerprint density at radius 2 is 2.00 bits per heavy atom. The van der Waals surface area contributed by atoms with Crippen LogP contribution in [0.5, 0.6) is 0 Å². The quantitative estimate of drug-likeness (QED) is 0.868. The molecule has 1 amide bonds. The number of aromatic amines is 1. The maximum Gasteiger partial charge on any atom is 0.258 e. The van der Waals surface area contributed by atoms with Gasteiger partial charge < -0.3 is 5.32 Å². The number of nitrogens with one attached hydrogen (secondary N) is 2. The highest BCUT2D eigenvalue weighted by molar-refractivity contribution is 7.90. The summed E-state index contributed by atoms with van der Waals surface area (Å²) in [6.45, 7) is 0. The highest BCUT2D eigenvalue weighted by Crippen LogP contribution is 2.16. The SMILES string of the molecule is CS(=O)(=O)c1ccccc1C(=O)Nc1ccn[nH]1. The van der Waals surface area contributed by atoms with Gasteiger partial charge in [-0.2, -0.15) is 5.10 Å². The lowest BCUT2D eigenvalue weighted by atomic mass is 10.2. The van der Waals surface area contributed by atoms with Gasteiger partial charge in [-0.3, -0.25) is 9.89 Å². The van der Waals surface area contributed by atoms with Crippen LogP contribution in [0.2, 0.25) is 0 Å². The predicted octanol–water partition coefficient (Wildman–Crippen LogP) is 1.07. The van der Waals surface area contributed by atoms with Crippen LogP contribution in [0.4, 0.5) is 5.82 Å². The first-order chi connectivity index (χ1) is 8.48. The van der Waals surface area contributed by atoms with Crippen LogP contribution in [-0.2, 0) is 9.84 Å². The summed E-state index contributed by atoms with van der Waals surface area (Å²) in [7, 11) is -3.44. The monoisotopic (exact) mass is 265 g/mol. The molecule has 0 atom stereocenters. The van der Waals surface area contributed by atoms with Crippen LogP contribution < -0.4 is 5.32 Å². The van der Waals surface area contributed by atoms with Crippen LogP contribution in [0, 0.1) is 0 Å². The zero-order chi connectivity index (χ0) is 13.2. The van der Waals surface area contributed by atoms with Crippen molar-refractivity contribution in [2.24, 2.45) is 0 Å². The Labute approximate surface area is 104 Å². The summed E-state index contributed by atoms with van der Waals surface area (Å²) in [5, 5.41) is 8.78.